The number of aryl methyl sites for hydroxylation is 1. The molecule has 1 N–H and O–H groups in total. The van der Waals surface area contributed by atoms with Gasteiger partial charge in [-0.2, -0.15) is 0 Å². The first kappa shape index (κ1) is 22.4. The Bertz CT molecular complexity index is 730. The molecule has 0 unspecified atom stereocenters. The van der Waals surface area contributed by atoms with Gasteiger partial charge in [0.15, 0.2) is 0 Å². The number of phenols is 1. The van der Waals surface area contributed by atoms with Crippen LogP contribution in [0.25, 0.3) is 6.08 Å². The van der Waals surface area contributed by atoms with Crippen molar-refractivity contribution in [1.29, 1.82) is 0 Å². The van der Waals surface area contributed by atoms with Gasteiger partial charge in [-0.1, -0.05) is 113 Å². The molecule has 2 rings (SSSR count). The second kappa shape index (κ2) is 13.3. The number of thiocarbonyl (C=S) groups is 1. The SMILES string of the molecule is CCCCCCCCCCCc1ccc(C(=S)C=Cc2ccccc2O)cc1. The van der Waals surface area contributed by atoms with Crippen LogP contribution in [-0.2, 0) is 6.42 Å². The molecule has 1 nitrogen and oxygen atoms in total. The van der Waals surface area contributed by atoms with E-state index in [0.29, 0.717) is 0 Å². The summed E-state index contributed by atoms with van der Waals surface area (Å²) in [6.45, 7) is 2.27. The van der Waals surface area contributed by atoms with Crippen molar-refractivity contribution in [3.8, 4) is 5.75 Å². The average molecular weight is 395 g/mol. The highest BCUT2D eigenvalue weighted by Gasteiger charge is 2.00. The third kappa shape index (κ3) is 8.39. The first-order chi connectivity index (χ1) is 13.7. The Morgan fingerprint density at radius 1 is 0.821 bits per heavy atom. The van der Waals surface area contributed by atoms with Crippen LogP contribution in [0.1, 0.15) is 81.4 Å². The number of rotatable bonds is 13. The first-order valence-electron chi connectivity index (χ1n) is 10.8. The van der Waals surface area contributed by atoms with Crippen molar-refractivity contribution in [2.45, 2.75) is 71.1 Å². The summed E-state index contributed by atoms with van der Waals surface area (Å²) in [5, 5.41) is 9.82. The molecule has 0 aliphatic rings. The molecule has 150 valence electrons. The van der Waals surface area contributed by atoms with Crippen molar-refractivity contribution < 1.29 is 5.11 Å². The molecule has 2 aromatic carbocycles. The molecule has 0 fully saturated rings. The second-order valence-electron chi connectivity index (χ2n) is 7.53. The largest absolute Gasteiger partial charge is 0.507 e. The van der Waals surface area contributed by atoms with Crippen molar-refractivity contribution >= 4 is 23.2 Å². The fourth-order valence-corrected chi connectivity index (χ4v) is 3.57. The number of aromatic hydroxyl groups is 1. The molecule has 28 heavy (non-hydrogen) atoms. The Hall–Kier alpha value is -1.93. The van der Waals surface area contributed by atoms with E-state index in [1.807, 2.05) is 30.4 Å². The Kier molecular flexibility index (Phi) is 10.6. The van der Waals surface area contributed by atoms with E-state index < -0.39 is 0 Å². The lowest BCUT2D eigenvalue weighted by Crippen LogP contribution is -1.94. The van der Waals surface area contributed by atoms with E-state index in [9.17, 15) is 5.11 Å². The van der Waals surface area contributed by atoms with Crippen LogP contribution >= 0.6 is 12.2 Å². The van der Waals surface area contributed by atoms with Crippen LogP contribution in [0.3, 0.4) is 0 Å². The second-order valence-corrected chi connectivity index (χ2v) is 7.97. The summed E-state index contributed by atoms with van der Waals surface area (Å²) in [6, 6.07) is 15.9. The minimum absolute atomic E-state index is 0.276. The Balaban J connectivity index is 1.68. The molecule has 0 bridgehead atoms. The van der Waals surface area contributed by atoms with Gasteiger partial charge in [-0.3, -0.25) is 0 Å². The van der Waals surface area contributed by atoms with Gasteiger partial charge in [-0.15, -0.1) is 0 Å². The van der Waals surface area contributed by atoms with E-state index in [1.54, 1.807) is 6.07 Å². The van der Waals surface area contributed by atoms with Gasteiger partial charge in [0.25, 0.3) is 0 Å². The van der Waals surface area contributed by atoms with Gasteiger partial charge < -0.3 is 5.11 Å². The van der Waals surface area contributed by atoms with E-state index in [1.165, 1.54) is 63.4 Å². The molecular weight excluding hydrogens is 360 g/mol. The number of hydrogen-bond donors (Lipinski definition) is 1. The van der Waals surface area contributed by atoms with E-state index in [-0.39, 0.29) is 5.75 Å². The average Bonchev–Trinajstić information content (AvgIpc) is 2.72. The van der Waals surface area contributed by atoms with Crippen molar-refractivity contribution in [3.63, 3.8) is 0 Å². The molecule has 0 saturated heterocycles. The molecule has 0 atom stereocenters. The third-order valence-electron chi connectivity index (χ3n) is 5.16. The van der Waals surface area contributed by atoms with Crippen LogP contribution in [0, 0.1) is 0 Å². The monoisotopic (exact) mass is 394 g/mol. The molecular formula is C26H34OS. The van der Waals surface area contributed by atoms with Crippen LogP contribution in [-0.4, -0.2) is 9.97 Å². The summed E-state index contributed by atoms with van der Waals surface area (Å²) in [4.78, 5) is 0.790. The molecule has 0 aliphatic carbocycles. The quantitative estimate of drug-likeness (QED) is 0.161. The summed E-state index contributed by atoms with van der Waals surface area (Å²) in [6.07, 6.45) is 17.2. The highest BCUT2D eigenvalue weighted by atomic mass is 32.1. The highest BCUT2D eigenvalue weighted by Crippen LogP contribution is 2.18. The lowest BCUT2D eigenvalue weighted by atomic mass is 10.0. The maximum absolute atomic E-state index is 9.82. The number of para-hydroxylation sites is 1. The molecule has 0 saturated carbocycles. The van der Waals surface area contributed by atoms with Crippen LogP contribution < -0.4 is 0 Å². The minimum atomic E-state index is 0.276. The molecule has 0 radical (unpaired) electrons. The Morgan fingerprint density at radius 2 is 1.43 bits per heavy atom. The van der Waals surface area contributed by atoms with Gasteiger partial charge in [-0.25, -0.2) is 0 Å². The number of phenolic OH excluding ortho intramolecular Hbond substituents is 1. The van der Waals surface area contributed by atoms with Gasteiger partial charge in [0.2, 0.25) is 0 Å². The predicted octanol–water partition coefficient (Wildman–Crippen LogP) is 7.90. The summed E-state index contributed by atoms with van der Waals surface area (Å²) < 4.78 is 0. The zero-order valence-corrected chi connectivity index (χ0v) is 18.0. The molecule has 0 aromatic heterocycles. The summed E-state index contributed by atoms with van der Waals surface area (Å²) in [5.41, 5.74) is 3.23. The van der Waals surface area contributed by atoms with Gasteiger partial charge in [0.1, 0.15) is 5.75 Å². The topological polar surface area (TPSA) is 20.2 Å². The Labute approximate surface area is 176 Å². The van der Waals surface area contributed by atoms with E-state index >= 15 is 0 Å². The summed E-state index contributed by atoms with van der Waals surface area (Å²) >= 11 is 5.51. The van der Waals surface area contributed by atoms with Crippen molar-refractivity contribution in [2.75, 3.05) is 0 Å². The molecule has 0 amide bonds. The molecule has 0 heterocycles. The lowest BCUT2D eigenvalue weighted by Gasteiger charge is -2.05. The van der Waals surface area contributed by atoms with Crippen LogP contribution in [0.5, 0.6) is 5.75 Å². The summed E-state index contributed by atoms with van der Waals surface area (Å²) in [5.74, 6) is 0.276. The van der Waals surface area contributed by atoms with Crippen molar-refractivity contribution in [1.82, 2.24) is 0 Å². The standard InChI is InChI=1S/C26H34OS/c1-2-3-4-5-6-7-8-9-10-13-22-16-18-24(19-17-22)26(28)21-20-23-14-11-12-15-25(23)27/h11-12,14-21,27H,2-10,13H2,1H3. The van der Waals surface area contributed by atoms with Crippen LogP contribution in [0.2, 0.25) is 0 Å². The number of benzene rings is 2. The van der Waals surface area contributed by atoms with Crippen LogP contribution in [0.15, 0.2) is 54.6 Å². The third-order valence-corrected chi connectivity index (χ3v) is 5.53. The van der Waals surface area contributed by atoms with E-state index in [2.05, 4.69) is 31.2 Å². The lowest BCUT2D eigenvalue weighted by molar-refractivity contribution is 0.474. The number of allylic oxidation sites excluding steroid dienone is 1. The summed E-state index contributed by atoms with van der Waals surface area (Å²) in [7, 11) is 0. The molecule has 2 aromatic rings. The van der Waals surface area contributed by atoms with Gasteiger partial charge >= 0.3 is 0 Å². The fourth-order valence-electron chi connectivity index (χ4n) is 3.37. The number of unbranched alkanes of at least 4 members (excludes halogenated alkanes) is 8. The normalized spacial score (nSPS) is 11.2. The molecule has 0 aliphatic heterocycles. The zero-order chi connectivity index (χ0) is 20.0. The van der Waals surface area contributed by atoms with Gasteiger partial charge in [0.05, 0.1) is 0 Å². The van der Waals surface area contributed by atoms with Crippen LogP contribution in [0.4, 0.5) is 0 Å². The fraction of sp³-hybridized carbons (Fsp3) is 0.423. The highest BCUT2D eigenvalue weighted by molar-refractivity contribution is 7.81. The van der Waals surface area contributed by atoms with Gasteiger partial charge in [0, 0.05) is 10.4 Å². The predicted molar refractivity (Wildman–Crippen MR) is 126 cm³/mol. The maximum Gasteiger partial charge on any atom is 0.122 e. The number of hydrogen-bond acceptors (Lipinski definition) is 2. The maximum atomic E-state index is 9.82. The van der Waals surface area contributed by atoms with E-state index in [4.69, 9.17) is 12.2 Å². The first-order valence-corrected chi connectivity index (χ1v) is 11.2. The van der Waals surface area contributed by atoms with Gasteiger partial charge in [-0.05, 0) is 42.2 Å². The van der Waals surface area contributed by atoms with Crippen molar-refractivity contribution in [3.05, 3.63) is 71.3 Å². The smallest absolute Gasteiger partial charge is 0.122 e. The zero-order valence-electron chi connectivity index (χ0n) is 17.2. The minimum Gasteiger partial charge on any atom is -0.507 e. The molecule has 0 spiro atoms. The van der Waals surface area contributed by atoms with Crippen molar-refractivity contribution in [2.24, 2.45) is 0 Å². The van der Waals surface area contributed by atoms with E-state index in [0.717, 1.165) is 22.4 Å². The molecule has 2 heteroatoms. The Morgan fingerprint density at radius 3 is 2.07 bits per heavy atom.